The van der Waals surface area contributed by atoms with Crippen molar-refractivity contribution in [1.29, 1.82) is 5.26 Å². The second-order valence-electron chi connectivity index (χ2n) is 5.48. The summed E-state index contributed by atoms with van der Waals surface area (Å²) in [6, 6.07) is 8.60. The van der Waals surface area contributed by atoms with Crippen LogP contribution in [0.4, 0.5) is 0 Å². The molecule has 1 atom stereocenters. The summed E-state index contributed by atoms with van der Waals surface area (Å²) >= 11 is 3.51. The van der Waals surface area contributed by atoms with Gasteiger partial charge in [-0.3, -0.25) is 0 Å². The van der Waals surface area contributed by atoms with E-state index in [-0.39, 0.29) is 5.04 Å². The van der Waals surface area contributed by atoms with Crippen molar-refractivity contribution in [2.24, 2.45) is 0 Å². The Morgan fingerprint density at radius 2 is 2.12 bits per heavy atom. The van der Waals surface area contributed by atoms with Gasteiger partial charge in [0.15, 0.2) is 0 Å². The lowest BCUT2D eigenvalue weighted by Gasteiger charge is -2.42. The van der Waals surface area contributed by atoms with Crippen molar-refractivity contribution in [2.75, 3.05) is 6.61 Å². The summed E-state index contributed by atoms with van der Waals surface area (Å²) < 4.78 is 6.68. The van der Waals surface area contributed by atoms with Crippen molar-refractivity contribution in [3.05, 3.63) is 28.2 Å². The summed E-state index contributed by atoms with van der Waals surface area (Å²) in [5.41, 5.74) is 1.07. The zero-order chi connectivity index (χ0) is 12.7. The van der Waals surface area contributed by atoms with Crippen LogP contribution < -0.4 is 4.74 Å². The lowest BCUT2D eigenvalue weighted by atomic mass is 9.93. The van der Waals surface area contributed by atoms with Crippen LogP contribution in [-0.4, -0.2) is 14.7 Å². The van der Waals surface area contributed by atoms with Gasteiger partial charge in [0.1, 0.15) is 5.75 Å². The van der Waals surface area contributed by atoms with Crippen molar-refractivity contribution >= 4 is 24.0 Å². The monoisotopic (exact) mass is 309 g/mol. The second-order valence-corrected chi connectivity index (χ2v) is 11.7. The highest BCUT2D eigenvalue weighted by molar-refractivity contribution is 9.10. The molecule has 0 bridgehead atoms. The molecule has 1 unspecified atom stereocenters. The lowest BCUT2D eigenvalue weighted by molar-refractivity contribution is 0.265. The number of hydrogen-bond donors (Lipinski definition) is 0. The molecule has 0 fully saturated rings. The van der Waals surface area contributed by atoms with Gasteiger partial charge in [0.25, 0.3) is 0 Å². The highest BCUT2D eigenvalue weighted by atomic mass is 79.9. The van der Waals surface area contributed by atoms with Gasteiger partial charge in [0.2, 0.25) is 0 Å². The topological polar surface area (TPSA) is 33.0 Å². The Labute approximate surface area is 112 Å². The summed E-state index contributed by atoms with van der Waals surface area (Å²) in [4.78, 5) is 0. The van der Waals surface area contributed by atoms with Crippen LogP contribution in [0.1, 0.15) is 12.0 Å². The molecule has 2 nitrogen and oxygen atoms in total. The average Bonchev–Trinajstić information content (AvgIpc) is 2.27. The van der Waals surface area contributed by atoms with Gasteiger partial charge in [-0.05, 0) is 22.0 Å². The third kappa shape index (κ3) is 1.82. The zero-order valence-corrected chi connectivity index (χ0v) is 13.0. The first-order valence-corrected chi connectivity index (χ1v) is 10.0. The maximum Gasteiger partial charge on any atom is 0.137 e. The third-order valence-electron chi connectivity index (χ3n) is 3.62. The van der Waals surface area contributed by atoms with Crippen LogP contribution in [0.25, 0.3) is 0 Å². The molecule has 0 saturated heterocycles. The molecular formula is C13H16BrNOSi. The van der Waals surface area contributed by atoms with E-state index in [0.717, 1.165) is 22.2 Å². The SMILES string of the molecule is C[Si](C)(C)C1(C#N)CCOc2c(Br)cccc21. The van der Waals surface area contributed by atoms with Crippen LogP contribution in [0.15, 0.2) is 22.7 Å². The molecule has 1 aromatic carbocycles. The second kappa shape index (κ2) is 4.15. The Bertz CT molecular complexity index is 489. The highest BCUT2D eigenvalue weighted by Crippen LogP contribution is 2.47. The van der Waals surface area contributed by atoms with E-state index in [1.54, 1.807) is 0 Å². The number of nitriles is 1. The van der Waals surface area contributed by atoms with Crippen molar-refractivity contribution in [2.45, 2.75) is 31.1 Å². The van der Waals surface area contributed by atoms with E-state index in [1.165, 1.54) is 0 Å². The van der Waals surface area contributed by atoms with Gasteiger partial charge in [0, 0.05) is 12.0 Å². The Kier molecular flexibility index (Phi) is 3.09. The van der Waals surface area contributed by atoms with E-state index in [9.17, 15) is 5.26 Å². The van der Waals surface area contributed by atoms with E-state index in [1.807, 2.05) is 18.2 Å². The van der Waals surface area contributed by atoms with Crippen LogP contribution in [0.2, 0.25) is 19.6 Å². The van der Waals surface area contributed by atoms with Crippen LogP contribution in [0, 0.1) is 11.3 Å². The number of fused-ring (bicyclic) bond motifs is 1. The number of nitrogens with zero attached hydrogens (tertiary/aromatic N) is 1. The van der Waals surface area contributed by atoms with E-state index in [2.05, 4.69) is 41.6 Å². The average molecular weight is 310 g/mol. The fraction of sp³-hybridized carbons (Fsp3) is 0.462. The zero-order valence-electron chi connectivity index (χ0n) is 10.4. The molecule has 0 aromatic heterocycles. The number of benzene rings is 1. The molecule has 90 valence electrons. The lowest BCUT2D eigenvalue weighted by Crippen LogP contribution is -2.51. The molecule has 17 heavy (non-hydrogen) atoms. The van der Waals surface area contributed by atoms with Crippen molar-refractivity contribution in [1.82, 2.24) is 0 Å². The minimum absolute atomic E-state index is 0.329. The van der Waals surface area contributed by atoms with E-state index in [4.69, 9.17) is 4.74 Å². The summed E-state index contributed by atoms with van der Waals surface area (Å²) in [6.45, 7) is 7.40. The molecule has 1 aliphatic rings. The van der Waals surface area contributed by atoms with Gasteiger partial charge in [-0.1, -0.05) is 31.8 Å². The molecule has 0 aliphatic carbocycles. The maximum absolute atomic E-state index is 9.73. The quantitative estimate of drug-likeness (QED) is 0.738. The predicted molar refractivity (Wildman–Crippen MR) is 74.9 cm³/mol. The van der Waals surface area contributed by atoms with Crippen LogP contribution in [0.5, 0.6) is 5.75 Å². The highest BCUT2D eigenvalue weighted by Gasteiger charge is 2.49. The fourth-order valence-corrected chi connectivity index (χ4v) is 5.17. The number of ether oxygens (including phenoxy) is 1. The molecule has 0 saturated carbocycles. The summed E-state index contributed by atoms with van der Waals surface area (Å²) in [5, 5.41) is 9.40. The number of para-hydroxylation sites is 1. The molecule has 1 heterocycles. The minimum Gasteiger partial charge on any atom is -0.492 e. The molecule has 1 aromatic rings. The molecular weight excluding hydrogens is 294 g/mol. The standard InChI is InChI=1S/C13H16BrNOSi/c1-17(2,3)13(9-15)7-8-16-12-10(13)5-4-6-11(12)14/h4-6H,7-8H2,1-3H3. The Morgan fingerprint density at radius 3 is 2.71 bits per heavy atom. The van der Waals surface area contributed by atoms with E-state index >= 15 is 0 Å². The molecule has 0 radical (unpaired) electrons. The maximum atomic E-state index is 9.73. The minimum atomic E-state index is -1.64. The van der Waals surface area contributed by atoms with Gasteiger partial charge in [-0.2, -0.15) is 5.26 Å². The predicted octanol–water partition coefficient (Wildman–Crippen LogP) is 3.87. The van der Waals surface area contributed by atoms with Gasteiger partial charge in [0.05, 0.1) is 30.3 Å². The van der Waals surface area contributed by atoms with Gasteiger partial charge >= 0.3 is 0 Å². The third-order valence-corrected chi connectivity index (χ3v) is 7.44. The molecule has 2 rings (SSSR count). The first kappa shape index (κ1) is 12.7. The summed E-state index contributed by atoms with van der Waals surface area (Å²) in [5.74, 6) is 0.864. The van der Waals surface area contributed by atoms with Gasteiger partial charge in [-0.25, -0.2) is 0 Å². The van der Waals surface area contributed by atoms with Crippen LogP contribution in [-0.2, 0) is 5.04 Å². The largest absolute Gasteiger partial charge is 0.492 e. The van der Waals surface area contributed by atoms with E-state index < -0.39 is 8.07 Å². The normalized spacial score (nSPS) is 23.5. The van der Waals surface area contributed by atoms with Gasteiger partial charge in [-0.15, -0.1) is 0 Å². The smallest absolute Gasteiger partial charge is 0.137 e. The van der Waals surface area contributed by atoms with Crippen LogP contribution in [0.3, 0.4) is 0 Å². The van der Waals surface area contributed by atoms with Crippen molar-refractivity contribution in [3.63, 3.8) is 0 Å². The Hall–Kier alpha value is -0.793. The summed E-state index contributed by atoms with van der Waals surface area (Å²) in [7, 11) is -1.64. The van der Waals surface area contributed by atoms with Crippen molar-refractivity contribution < 1.29 is 4.74 Å². The van der Waals surface area contributed by atoms with Gasteiger partial charge < -0.3 is 4.74 Å². The molecule has 0 spiro atoms. The molecule has 0 amide bonds. The molecule has 4 heteroatoms. The number of rotatable bonds is 1. The fourth-order valence-electron chi connectivity index (χ4n) is 2.50. The Balaban J connectivity index is 2.70. The number of halogens is 1. The molecule has 1 aliphatic heterocycles. The first-order valence-electron chi connectivity index (χ1n) is 5.75. The van der Waals surface area contributed by atoms with Crippen molar-refractivity contribution in [3.8, 4) is 11.8 Å². The Morgan fingerprint density at radius 1 is 1.41 bits per heavy atom. The molecule has 0 N–H and O–H groups in total. The number of hydrogen-bond acceptors (Lipinski definition) is 2. The summed E-state index contributed by atoms with van der Waals surface area (Å²) in [6.07, 6.45) is 0.808. The first-order chi connectivity index (χ1) is 7.92. The van der Waals surface area contributed by atoms with Crippen LogP contribution >= 0.6 is 15.9 Å². The van der Waals surface area contributed by atoms with E-state index in [0.29, 0.717) is 6.61 Å².